The van der Waals surface area contributed by atoms with E-state index in [-0.39, 0.29) is 12.1 Å². The first-order chi connectivity index (χ1) is 10.6. The van der Waals surface area contributed by atoms with Gasteiger partial charge in [-0.05, 0) is 18.2 Å². The van der Waals surface area contributed by atoms with E-state index in [1.807, 2.05) is 6.07 Å². The lowest BCUT2D eigenvalue weighted by molar-refractivity contribution is 0.324. The molecule has 0 saturated carbocycles. The molecule has 0 aliphatic heterocycles. The molecule has 0 N–H and O–H groups in total. The zero-order valence-electron chi connectivity index (χ0n) is 12.5. The van der Waals surface area contributed by atoms with Crippen molar-refractivity contribution in [2.45, 2.75) is 6.54 Å². The Bertz CT molecular complexity index is 752. The number of ether oxygens (including phenoxy) is 3. The van der Waals surface area contributed by atoms with E-state index in [9.17, 15) is 4.79 Å². The van der Waals surface area contributed by atoms with Crippen LogP contribution in [-0.4, -0.2) is 31.1 Å². The summed E-state index contributed by atoms with van der Waals surface area (Å²) in [6.45, 7) is -0.114. The summed E-state index contributed by atoms with van der Waals surface area (Å²) < 4.78 is 16.9. The fourth-order valence-corrected chi connectivity index (χ4v) is 2.01. The van der Waals surface area contributed by atoms with Gasteiger partial charge in [0.1, 0.15) is 6.54 Å². The molecule has 0 fully saturated rings. The van der Waals surface area contributed by atoms with Crippen molar-refractivity contribution in [1.29, 1.82) is 5.26 Å². The molecule has 2 aromatic rings. The second-order valence-electron chi connectivity index (χ2n) is 4.29. The van der Waals surface area contributed by atoms with Gasteiger partial charge < -0.3 is 14.2 Å². The Balaban J connectivity index is 2.60. The SMILES string of the molecule is COc1cc(-c2ccc(=O)n(CC#N)n2)cc(OC)c1OC. The molecular formula is C15H15N3O4. The van der Waals surface area contributed by atoms with Crippen molar-refractivity contribution >= 4 is 0 Å². The van der Waals surface area contributed by atoms with Gasteiger partial charge in [-0.2, -0.15) is 10.4 Å². The summed E-state index contributed by atoms with van der Waals surface area (Å²) in [6.07, 6.45) is 0. The Labute approximate surface area is 127 Å². The minimum Gasteiger partial charge on any atom is -0.493 e. The third kappa shape index (κ3) is 2.86. The number of benzene rings is 1. The summed E-state index contributed by atoms with van der Waals surface area (Å²) in [5, 5.41) is 12.9. The van der Waals surface area contributed by atoms with Crippen molar-refractivity contribution in [2.24, 2.45) is 0 Å². The van der Waals surface area contributed by atoms with Gasteiger partial charge in [0, 0.05) is 11.6 Å². The standard InChI is InChI=1S/C15H15N3O4/c1-20-12-8-10(9-13(21-2)15(12)22-3)11-4-5-14(19)18(17-11)7-6-16/h4-5,8-9H,7H2,1-3H3. The second kappa shape index (κ2) is 6.63. The van der Waals surface area contributed by atoms with Crippen molar-refractivity contribution in [2.75, 3.05) is 21.3 Å². The predicted molar refractivity (Wildman–Crippen MR) is 79.2 cm³/mol. The number of hydrogen-bond donors (Lipinski definition) is 0. The van der Waals surface area contributed by atoms with E-state index in [1.54, 1.807) is 18.2 Å². The van der Waals surface area contributed by atoms with Gasteiger partial charge in [-0.3, -0.25) is 4.79 Å². The van der Waals surface area contributed by atoms with Crippen LogP contribution in [0.15, 0.2) is 29.1 Å². The van der Waals surface area contributed by atoms with E-state index in [1.165, 1.54) is 27.4 Å². The van der Waals surface area contributed by atoms with Crippen molar-refractivity contribution in [1.82, 2.24) is 9.78 Å². The van der Waals surface area contributed by atoms with Gasteiger partial charge in [-0.25, -0.2) is 4.68 Å². The molecule has 0 radical (unpaired) electrons. The van der Waals surface area contributed by atoms with Crippen LogP contribution in [0, 0.1) is 11.3 Å². The molecule has 1 heterocycles. The van der Waals surface area contributed by atoms with Crippen molar-refractivity contribution < 1.29 is 14.2 Å². The van der Waals surface area contributed by atoms with Crippen LogP contribution in [0.5, 0.6) is 17.2 Å². The third-order valence-electron chi connectivity index (χ3n) is 3.05. The van der Waals surface area contributed by atoms with E-state index in [2.05, 4.69) is 5.10 Å². The Morgan fingerprint density at radius 2 is 1.77 bits per heavy atom. The summed E-state index contributed by atoms with van der Waals surface area (Å²) in [7, 11) is 4.56. The molecule has 114 valence electrons. The smallest absolute Gasteiger partial charge is 0.267 e. The Morgan fingerprint density at radius 3 is 2.27 bits per heavy atom. The fraction of sp³-hybridized carbons (Fsp3) is 0.267. The van der Waals surface area contributed by atoms with Gasteiger partial charge in [0.25, 0.3) is 5.56 Å². The van der Waals surface area contributed by atoms with Crippen LogP contribution in [0.1, 0.15) is 0 Å². The van der Waals surface area contributed by atoms with Crippen LogP contribution in [0.2, 0.25) is 0 Å². The van der Waals surface area contributed by atoms with Gasteiger partial charge in [0.2, 0.25) is 5.75 Å². The number of aromatic nitrogens is 2. The average Bonchev–Trinajstić information content (AvgIpc) is 2.55. The number of methoxy groups -OCH3 is 3. The summed E-state index contributed by atoms with van der Waals surface area (Å²) in [6, 6.07) is 8.30. The Morgan fingerprint density at radius 1 is 1.14 bits per heavy atom. The van der Waals surface area contributed by atoms with Gasteiger partial charge in [-0.15, -0.1) is 0 Å². The molecule has 7 heteroatoms. The summed E-state index contributed by atoms with van der Waals surface area (Å²) >= 11 is 0. The maximum absolute atomic E-state index is 11.6. The second-order valence-corrected chi connectivity index (χ2v) is 4.29. The zero-order valence-corrected chi connectivity index (χ0v) is 12.5. The van der Waals surface area contributed by atoms with Crippen molar-refractivity contribution in [3.8, 4) is 34.6 Å². The minimum atomic E-state index is -0.335. The largest absolute Gasteiger partial charge is 0.493 e. The highest BCUT2D eigenvalue weighted by atomic mass is 16.5. The molecule has 0 atom stereocenters. The molecule has 0 spiro atoms. The zero-order chi connectivity index (χ0) is 16.1. The quantitative estimate of drug-likeness (QED) is 0.831. The molecule has 1 aromatic heterocycles. The first kappa shape index (κ1) is 15.4. The lowest BCUT2D eigenvalue weighted by Crippen LogP contribution is -2.21. The highest BCUT2D eigenvalue weighted by molar-refractivity contribution is 5.68. The van der Waals surface area contributed by atoms with Gasteiger partial charge in [-0.1, -0.05) is 0 Å². The first-order valence-electron chi connectivity index (χ1n) is 6.40. The summed E-state index contributed by atoms with van der Waals surface area (Å²) in [5.41, 5.74) is 0.869. The average molecular weight is 301 g/mol. The maximum atomic E-state index is 11.6. The van der Waals surface area contributed by atoms with Gasteiger partial charge in [0.05, 0.1) is 33.1 Å². The van der Waals surface area contributed by atoms with Crippen LogP contribution >= 0.6 is 0 Å². The lowest BCUT2D eigenvalue weighted by Gasteiger charge is -2.14. The molecule has 1 aromatic carbocycles. The third-order valence-corrected chi connectivity index (χ3v) is 3.05. The van der Waals surface area contributed by atoms with Crippen LogP contribution in [0.25, 0.3) is 11.3 Å². The molecule has 0 aliphatic carbocycles. The van der Waals surface area contributed by atoms with Gasteiger partial charge >= 0.3 is 0 Å². The molecule has 7 nitrogen and oxygen atoms in total. The normalized spacial score (nSPS) is 9.91. The molecule has 0 saturated heterocycles. The van der Waals surface area contributed by atoms with E-state index in [4.69, 9.17) is 19.5 Å². The van der Waals surface area contributed by atoms with Crippen LogP contribution < -0.4 is 19.8 Å². The number of nitriles is 1. The van der Waals surface area contributed by atoms with Crippen molar-refractivity contribution in [3.05, 3.63) is 34.6 Å². The maximum Gasteiger partial charge on any atom is 0.267 e. The lowest BCUT2D eigenvalue weighted by atomic mass is 10.1. The van der Waals surface area contributed by atoms with Crippen LogP contribution in [0.4, 0.5) is 0 Å². The highest BCUT2D eigenvalue weighted by Crippen LogP contribution is 2.40. The first-order valence-corrected chi connectivity index (χ1v) is 6.40. The van der Waals surface area contributed by atoms with E-state index in [0.717, 1.165) is 4.68 Å². The molecule has 0 bridgehead atoms. The minimum absolute atomic E-state index is 0.114. The van der Waals surface area contributed by atoms with E-state index < -0.39 is 0 Å². The van der Waals surface area contributed by atoms with E-state index >= 15 is 0 Å². The van der Waals surface area contributed by atoms with Gasteiger partial charge in [0.15, 0.2) is 11.5 Å². The number of rotatable bonds is 5. The molecule has 0 aliphatic rings. The van der Waals surface area contributed by atoms with E-state index in [0.29, 0.717) is 28.5 Å². The molecule has 0 amide bonds. The molecular weight excluding hydrogens is 286 g/mol. The predicted octanol–water partition coefficient (Wildman–Crippen LogP) is 1.46. The highest BCUT2D eigenvalue weighted by Gasteiger charge is 2.15. The fourth-order valence-electron chi connectivity index (χ4n) is 2.01. The van der Waals surface area contributed by atoms with Crippen LogP contribution in [0.3, 0.4) is 0 Å². The monoisotopic (exact) mass is 301 g/mol. The molecule has 0 unspecified atom stereocenters. The molecule has 2 rings (SSSR count). The number of nitrogens with zero attached hydrogens (tertiary/aromatic N) is 3. The summed E-state index contributed by atoms with van der Waals surface area (Å²) in [5.74, 6) is 1.44. The number of hydrogen-bond acceptors (Lipinski definition) is 6. The molecule has 22 heavy (non-hydrogen) atoms. The Kier molecular flexibility index (Phi) is 4.63. The van der Waals surface area contributed by atoms with Crippen LogP contribution in [-0.2, 0) is 6.54 Å². The topological polar surface area (TPSA) is 86.4 Å². The summed E-state index contributed by atoms with van der Waals surface area (Å²) in [4.78, 5) is 11.6. The Hall–Kier alpha value is -3.01. The van der Waals surface area contributed by atoms with Crippen molar-refractivity contribution in [3.63, 3.8) is 0 Å².